The van der Waals surface area contributed by atoms with Gasteiger partial charge in [0.25, 0.3) is 0 Å². The first-order chi connectivity index (χ1) is 8.90. The molecule has 1 aromatic rings. The van der Waals surface area contributed by atoms with E-state index in [0.717, 1.165) is 0 Å². The summed E-state index contributed by atoms with van der Waals surface area (Å²) < 4.78 is 0.529. The number of carbonyl (C=O) groups is 3. The lowest BCUT2D eigenvalue weighted by molar-refractivity contribution is -0.132. The summed E-state index contributed by atoms with van der Waals surface area (Å²) in [5, 5.41) is 11.1. The van der Waals surface area contributed by atoms with Crippen LogP contribution in [0.1, 0.15) is 17.3 Å². The van der Waals surface area contributed by atoms with Crippen molar-refractivity contribution >= 4 is 39.4 Å². The SMILES string of the molecule is CC1C(=O)NC(=O)CN1c1ccc(C(=O)O)cc1Br. The molecule has 2 N–H and O–H groups in total. The maximum Gasteiger partial charge on any atom is 0.335 e. The summed E-state index contributed by atoms with van der Waals surface area (Å²) in [4.78, 5) is 35.5. The molecule has 0 aromatic heterocycles. The first kappa shape index (κ1) is 13.5. The molecule has 100 valence electrons. The fourth-order valence-electron chi connectivity index (χ4n) is 1.88. The molecule has 1 unspecified atom stereocenters. The summed E-state index contributed by atoms with van der Waals surface area (Å²) in [6.45, 7) is 1.73. The van der Waals surface area contributed by atoms with Gasteiger partial charge in [-0.25, -0.2) is 4.79 Å². The highest BCUT2D eigenvalue weighted by Crippen LogP contribution is 2.29. The van der Waals surface area contributed by atoms with Crippen LogP contribution in [-0.2, 0) is 9.59 Å². The zero-order valence-corrected chi connectivity index (χ0v) is 11.6. The number of carboxylic acid groups (broad SMARTS) is 1. The second-order valence-corrected chi connectivity index (χ2v) is 5.04. The third kappa shape index (κ3) is 2.60. The number of aromatic carboxylic acids is 1. The molecule has 1 aromatic carbocycles. The van der Waals surface area contributed by atoms with E-state index in [4.69, 9.17) is 5.11 Å². The normalized spacial score (nSPS) is 19.3. The minimum atomic E-state index is -1.03. The molecule has 1 heterocycles. The van der Waals surface area contributed by atoms with Crippen LogP contribution in [0.5, 0.6) is 0 Å². The molecule has 0 radical (unpaired) electrons. The van der Waals surface area contributed by atoms with E-state index in [-0.39, 0.29) is 23.9 Å². The molecule has 7 heteroatoms. The molecule has 0 saturated carbocycles. The van der Waals surface area contributed by atoms with Crippen molar-refractivity contribution in [3.8, 4) is 0 Å². The van der Waals surface area contributed by atoms with Gasteiger partial charge in [0, 0.05) is 4.47 Å². The zero-order valence-electron chi connectivity index (χ0n) is 10.0. The van der Waals surface area contributed by atoms with E-state index in [1.807, 2.05) is 0 Å². The van der Waals surface area contributed by atoms with Crippen LogP contribution in [0.2, 0.25) is 0 Å². The maximum atomic E-state index is 11.6. The van der Waals surface area contributed by atoms with Crippen LogP contribution in [0, 0.1) is 0 Å². The highest BCUT2D eigenvalue weighted by Gasteiger charge is 2.31. The van der Waals surface area contributed by atoms with Gasteiger partial charge in [-0.15, -0.1) is 0 Å². The van der Waals surface area contributed by atoms with Gasteiger partial charge in [-0.3, -0.25) is 14.9 Å². The number of rotatable bonds is 2. The van der Waals surface area contributed by atoms with E-state index in [9.17, 15) is 14.4 Å². The number of imide groups is 1. The first-order valence-corrected chi connectivity index (χ1v) is 6.32. The highest BCUT2D eigenvalue weighted by atomic mass is 79.9. The number of piperazine rings is 1. The summed E-state index contributed by atoms with van der Waals surface area (Å²) in [5.41, 5.74) is 0.747. The third-order valence-corrected chi connectivity index (χ3v) is 3.56. The molecule has 2 rings (SSSR count). The van der Waals surface area contributed by atoms with E-state index >= 15 is 0 Å². The number of halogens is 1. The fourth-order valence-corrected chi connectivity index (χ4v) is 2.49. The number of carboxylic acids is 1. The average molecular weight is 327 g/mol. The Labute approximate surface area is 117 Å². The molecule has 1 aliphatic rings. The standard InChI is InChI=1S/C12H11BrN2O4/c1-6-11(17)14-10(16)5-15(6)9-3-2-7(12(18)19)4-8(9)13/h2-4,6H,5H2,1H3,(H,18,19)(H,14,16,17). The Bertz CT molecular complexity index is 573. The lowest BCUT2D eigenvalue weighted by Gasteiger charge is -2.34. The molecule has 2 amide bonds. The Kier molecular flexibility index (Phi) is 3.57. The van der Waals surface area contributed by atoms with Crippen LogP contribution in [0.4, 0.5) is 5.69 Å². The van der Waals surface area contributed by atoms with Gasteiger partial charge in [-0.05, 0) is 41.1 Å². The van der Waals surface area contributed by atoms with Crippen molar-refractivity contribution in [2.45, 2.75) is 13.0 Å². The van der Waals surface area contributed by atoms with Crippen molar-refractivity contribution in [3.05, 3.63) is 28.2 Å². The molecule has 1 saturated heterocycles. The van der Waals surface area contributed by atoms with Gasteiger partial charge in [0.05, 0.1) is 17.8 Å². The van der Waals surface area contributed by atoms with E-state index in [1.165, 1.54) is 12.1 Å². The molecule has 0 spiro atoms. The van der Waals surface area contributed by atoms with Gasteiger partial charge >= 0.3 is 5.97 Å². The number of carbonyl (C=O) groups excluding carboxylic acids is 2. The summed E-state index contributed by atoms with van der Waals surface area (Å²) in [7, 11) is 0. The van der Waals surface area contributed by atoms with Crippen LogP contribution in [-0.4, -0.2) is 35.5 Å². The number of benzene rings is 1. The zero-order chi connectivity index (χ0) is 14.2. The second kappa shape index (κ2) is 5.00. The Morgan fingerprint density at radius 1 is 1.47 bits per heavy atom. The van der Waals surface area contributed by atoms with Gasteiger partial charge in [-0.1, -0.05) is 0 Å². The van der Waals surface area contributed by atoms with Crippen LogP contribution >= 0.6 is 15.9 Å². The summed E-state index contributed by atoms with van der Waals surface area (Å²) >= 11 is 3.27. The molecule has 0 aliphatic carbocycles. The Morgan fingerprint density at radius 3 is 2.74 bits per heavy atom. The third-order valence-electron chi connectivity index (χ3n) is 2.93. The van der Waals surface area contributed by atoms with Gasteiger partial charge in [0.2, 0.25) is 11.8 Å². The largest absolute Gasteiger partial charge is 0.478 e. The molecule has 19 heavy (non-hydrogen) atoms. The summed E-state index contributed by atoms with van der Waals surface area (Å²) in [5.74, 6) is -1.78. The predicted octanol–water partition coefficient (Wildman–Crippen LogP) is 0.999. The molecule has 1 fully saturated rings. The highest BCUT2D eigenvalue weighted by molar-refractivity contribution is 9.10. The van der Waals surface area contributed by atoms with Crippen molar-refractivity contribution in [2.24, 2.45) is 0 Å². The number of anilines is 1. The maximum absolute atomic E-state index is 11.6. The Morgan fingerprint density at radius 2 is 2.16 bits per heavy atom. The van der Waals surface area contributed by atoms with E-state index < -0.39 is 12.0 Å². The van der Waals surface area contributed by atoms with Gasteiger partial charge in [0.15, 0.2) is 0 Å². The quantitative estimate of drug-likeness (QED) is 0.792. The average Bonchev–Trinajstić information content (AvgIpc) is 2.33. The topological polar surface area (TPSA) is 86.7 Å². The van der Waals surface area contributed by atoms with Crippen LogP contribution in [0.15, 0.2) is 22.7 Å². The number of amides is 2. The van der Waals surface area contributed by atoms with Crippen molar-refractivity contribution in [3.63, 3.8) is 0 Å². The van der Waals surface area contributed by atoms with Gasteiger partial charge < -0.3 is 10.0 Å². The van der Waals surface area contributed by atoms with E-state index in [2.05, 4.69) is 21.2 Å². The van der Waals surface area contributed by atoms with Crippen molar-refractivity contribution in [1.29, 1.82) is 0 Å². The monoisotopic (exact) mass is 326 g/mol. The first-order valence-electron chi connectivity index (χ1n) is 5.53. The molecular weight excluding hydrogens is 316 g/mol. The van der Waals surface area contributed by atoms with Crippen molar-refractivity contribution < 1.29 is 19.5 Å². The van der Waals surface area contributed by atoms with Crippen molar-refractivity contribution in [1.82, 2.24) is 5.32 Å². The molecule has 0 bridgehead atoms. The molecule has 1 aliphatic heterocycles. The van der Waals surface area contributed by atoms with Crippen LogP contribution < -0.4 is 10.2 Å². The van der Waals surface area contributed by atoms with Crippen LogP contribution in [0.25, 0.3) is 0 Å². The summed E-state index contributed by atoms with van der Waals surface area (Å²) in [6.07, 6.45) is 0. The number of nitrogens with one attached hydrogen (secondary N) is 1. The van der Waals surface area contributed by atoms with Crippen LogP contribution in [0.3, 0.4) is 0 Å². The van der Waals surface area contributed by atoms with Crippen molar-refractivity contribution in [2.75, 3.05) is 11.4 Å². The molecule has 6 nitrogen and oxygen atoms in total. The molecular formula is C12H11BrN2O4. The van der Waals surface area contributed by atoms with E-state index in [0.29, 0.717) is 10.2 Å². The Hall–Kier alpha value is -1.89. The second-order valence-electron chi connectivity index (χ2n) is 4.19. The number of nitrogens with zero attached hydrogens (tertiary/aromatic N) is 1. The minimum Gasteiger partial charge on any atom is -0.478 e. The lowest BCUT2D eigenvalue weighted by atomic mass is 10.1. The lowest BCUT2D eigenvalue weighted by Crippen LogP contribution is -2.57. The number of hydrogen-bond donors (Lipinski definition) is 2. The van der Waals surface area contributed by atoms with E-state index in [1.54, 1.807) is 17.9 Å². The minimum absolute atomic E-state index is 0.0535. The Balaban J connectivity index is 2.38. The molecule has 1 atom stereocenters. The number of hydrogen-bond acceptors (Lipinski definition) is 4. The fraction of sp³-hybridized carbons (Fsp3) is 0.250. The smallest absolute Gasteiger partial charge is 0.335 e. The van der Waals surface area contributed by atoms with Gasteiger partial charge in [0.1, 0.15) is 6.04 Å². The predicted molar refractivity (Wildman–Crippen MR) is 71.1 cm³/mol. The van der Waals surface area contributed by atoms with Gasteiger partial charge in [-0.2, -0.15) is 0 Å². The summed E-state index contributed by atoms with van der Waals surface area (Å²) in [6, 6.07) is 3.97.